The van der Waals surface area contributed by atoms with Crippen LogP contribution in [-0.4, -0.2) is 16.6 Å². The summed E-state index contributed by atoms with van der Waals surface area (Å²) in [6, 6.07) is 0. The zero-order valence-electron chi connectivity index (χ0n) is 5.25. The summed E-state index contributed by atoms with van der Waals surface area (Å²) in [5.41, 5.74) is 0. The van der Waals surface area contributed by atoms with Gasteiger partial charge in [-0.15, -0.1) is 23.2 Å². The lowest BCUT2D eigenvalue weighted by Crippen LogP contribution is -1.99. The lowest BCUT2D eigenvalue weighted by molar-refractivity contribution is 0.717. The topological polar surface area (TPSA) is 0 Å². The molecule has 3 heteroatoms. The summed E-state index contributed by atoms with van der Waals surface area (Å²) in [6.45, 7) is 0. The minimum absolute atomic E-state index is 0.172. The van der Waals surface area contributed by atoms with E-state index in [-0.39, 0.29) is 5.38 Å². The molecule has 1 atom stereocenters. The lowest BCUT2D eigenvalue weighted by atomic mass is 10.2. The van der Waals surface area contributed by atoms with Gasteiger partial charge in [-0.3, -0.25) is 0 Å². The van der Waals surface area contributed by atoms with E-state index in [1.54, 1.807) is 0 Å². The maximum absolute atomic E-state index is 5.75. The molecule has 9 heavy (non-hydrogen) atoms. The van der Waals surface area contributed by atoms with Gasteiger partial charge >= 0.3 is 0 Å². The van der Waals surface area contributed by atoms with Crippen molar-refractivity contribution < 1.29 is 0 Å². The van der Waals surface area contributed by atoms with Gasteiger partial charge in [0.05, 0.1) is 0 Å². The summed E-state index contributed by atoms with van der Waals surface area (Å²) >= 11 is 14.6. The fourth-order valence-electron chi connectivity index (χ4n) is 0.537. The standard InChI is InChI=1S/C6H11BrCl2/c7-4-2-1-3-6(9)5-8/h6H,1-5H2. The van der Waals surface area contributed by atoms with Gasteiger partial charge in [-0.25, -0.2) is 0 Å². The van der Waals surface area contributed by atoms with Crippen LogP contribution in [0, 0.1) is 0 Å². The molecule has 0 heterocycles. The van der Waals surface area contributed by atoms with Crippen molar-refractivity contribution in [2.75, 3.05) is 11.2 Å². The normalized spacial score (nSPS) is 13.7. The maximum Gasteiger partial charge on any atom is 0.0471 e. The molecule has 1 unspecified atom stereocenters. The average molecular weight is 234 g/mol. The van der Waals surface area contributed by atoms with Crippen LogP contribution in [0.25, 0.3) is 0 Å². The van der Waals surface area contributed by atoms with Crippen molar-refractivity contribution in [2.24, 2.45) is 0 Å². The highest BCUT2D eigenvalue weighted by molar-refractivity contribution is 9.09. The largest absolute Gasteiger partial charge is 0.125 e. The molecule has 0 aromatic carbocycles. The zero-order chi connectivity index (χ0) is 7.11. The Hall–Kier alpha value is 1.06. The Labute approximate surface area is 75.0 Å². The molecule has 0 aliphatic heterocycles. The number of rotatable bonds is 5. The molecule has 56 valence electrons. The highest BCUT2D eigenvalue weighted by Crippen LogP contribution is 2.09. The van der Waals surface area contributed by atoms with E-state index >= 15 is 0 Å². The van der Waals surface area contributed by atoms with Gasteiger partial charge in [-0.1, -0.05) is 22.4 Å². The van der Waals surface area contributed by atoms with Gasteiger partial charge < -0.3 is 0 Å². The number of halogens is 3. The van der Waals surface area contributed by atoms with Gasteiger partial charge in [0.2, 0.25) is 0 Å². The first kappa shape index (κ1) is 10.1. The second kappa shape index (κ2) is 7.17. The Morgan fingerprint density at radius 2 is 2.00 bits per heavy atom. The first-order chi connectivity index (χ1) is 4.31. The molecule has 0 bridgehead atoms. The van der Waals surface area contributed by atoms with Crippen LogP contribution >= 0.6 is 39.1 Å². The first-order valence-electron chi connectivity index (χ1n) is 3.07. The number of alkyl halides is 3. The van der Waals surface area contributed by atoms with Crippen LogP contribution in [0.5, 0.6) is 0 Å². The monoisotopic (exact) mass is 232 g/mol. The van der Waals surface area contributed by atoms with Gasteiger partial charge in [0.15, 0.2) is 0 Å². The second-order valence-corrected chi connectivity index (χ2v) is 3.66. The number of unbranched alkanes of at least 4 members (excludes halogenated alkanes) is 1. The van der Waals surface area contributed by atoms with Crippen molar-refractivity contribution in [3.05, 3.63) is 0 Å². The smallest absolute Gasteiger partial charge is 0.0471 e. The summed E-state index contributed by atoms with van der Waals surface area (Å²) in [5, 5.41) is 1.24. The second-order valence-electron chi connectivity index (χ2n) is 1.94. The Morgan fingerprint density at radius 1 is 1.33 bits per heavy atom. The maximum atomic E-state index is 5.75. The van der Waals surface area contributed by atoms with Gasteiger partial charge in [0, 0.05) is 16.6 Å². The van der Waals surface area contributed by atoms with Crippen molar-refractivity contribution in [3.8, 4) is 0 Å². The third-order valence-corrected chi connectivity index (χ3v) is 2.53. The van der Waals surface area contributed by atoms with Gasteiger partial charge in [-0.2, -0.15) is 0 Å². The molecule has 0 aromatic rings. The van der Waals surface area contributed by atoms with E-state index in [1.165, 1.54) is 12.8 Å². The SMILES string of the molecule is ClCC(Cl)CCCCBr. The van der Waals surface area contributed by atoms with Crippen LogP contribution in [0.4, 0.5) is 0 Å². The lowest BCUT2D eigenvalue weighted by Gasteiger charge is -2.01. The number of hydrogen-bond acceptors (Lipinski definition) is 0. The van der Waals surface area contributed by atoms with Crippen molar-refractivity contribution in [1.29, 1.82) is 0 Å². The minimum Gasteiger partial charge on any atom is -0.125 e. The summed E-state index contributed by atoms with van der Waals surface area (Å²) in [5.74, 6) is 0.573. The third-order valence-electron chi connectivity index (χ3n) is 1.07. The van der Waals surface area contributed by atoms with E-state index in [4.69, 9.17) is 23.2 Å². The minimum atomic E-state index is 0.172. The van der Waals surface area contributed by atoms with Crippen molar-refractivity contribution in [1.82, 2.24) is 0 Å². The average Bonchev–Trinajstić information content (AvgIpc) is 1.89. The molecule has 0 aromatic heterocycles. The summed E-state index contributed by atoms with van der Waals surface area (Å²) < 4.78 is 0. The van der Waals surface area contributed by atoms with E-state index in [1.807, 2.05) is 0 Å². The molecule has 0 radical (unpaired) electrons. The van der Waals surface area contributed by atoms with E-state index in [0.717, 1.165) is 11.8 Å². The van der Waals surface area contributed by atoms with Gasteiger partial charge in [-0.05, 0) is 12.8 Å². The fraction of sp³-hybridized carbons (Fsp3) is 1.00. The van der Waals surface area contributed by atoms with Crippen LogP contribution in [0.3, 0.4) is 0 Å². The summed E-state index contributed by atoms with van der Waals surface area (Å²) in [4.78, 5) is 0. The van der Waals surface area contributed by atoms with Crippen molar-refractivity contribution in [3.63, 3.8) is 0 Å². The Morgan fingerprint density at radius 3 is 2.44 bits per heavy atom. The molecule has 0 saturated heterocycles. The summed E-state index contributed by atoms with van der Waals surface area (Å²) in [6.07, 6.45) is 3.41. The Kier molecular flexibility index (Phi) is 8.01. The molecule has 0 saturated carbocycles. The van der Waals surface area contributed by atoms with E-state index in [0.29, 0.717) is 5.88 Å². The van der Waals surface area contributed by atoms with E-state index in [2.05, 4.69) is 15.9 Å². The molecular weight excluding hydrogens is 223 g/mol. The molecular formula is C6H11BrCl2. The van der Waals surface area contributed by atoms with Crippen molar-refractivity contribution in [2.45, 2.75) is 24.6 Å². The van der Waals surface area contributed by atoms with Crippen LogP contribution < -0.4 is 0 Å². The highest BCUT2D eigenvalue weighted by Gasteiger charge is 1.99. The van der Waals surface area contributed by atoms with Crippen molar-refractivity contribution >= 4 is 39.1 Å². The van der Waals surface area contributed by atoms with Crippen LogP contribution in [0.15, 0.2) is 0 Å². The van der Waals surface area contributed by atoms with Gasteiger partial charge in [0.25, 0.3) is 0 Å². The quantitative estimate of drug-likeness (QED) is 0.505. The number of hydrogen-bond donors (Lipinski definition) is 0. The van der Waals surface area contributed by atoms with E-state index in [9.17, 15) is 0 Å². The molecule has 0 aliphatic rings. The molecule has 0 spiro atoms. The third kappa shape index (κ3) is 6.95. The van der Waals surface area contributed by atoms with Crippen LogP contribution in [-0.2, 0) is 0 Å². The predicted octanol–water partition coefficient (Wildman–Crippen LogP) is 3.40. The molecule has 0 aliphatic carbocycles. The molecule has 0 rings (SSSR count). The molecule has 0 fully saturated rings. The predicted molar refractivity (Wildman–Crippen MR) is 48.0 cm³/mol. The zero-order valence-corrected chi connectivity index (χ0v) is 8.34. The van der Waals surface area contributed by atoms with Gasteiger partial charge in [0.1, 0.15) is 0 Å². The van der Waals surface area contributed by atoms with Crippen LogP contribution in [0.2, 0.25) is 0 Å². The molecule has 0 N–H and O–H groups in total. The fourth-order valence-corrected chi connectivity index (χ4v) is 1.24. The van der Waals surface area contributed by atoms with Crippen LogP contribution in [0.1, 0.15) is 19.3 Å². The summed E-state index contributed by atoms with van der Waals surface area (Å²) in [7, 11) is 0. The molecule has 0 nitrogen and oxygen atoms in total. The molecule has 0 amide bonds. The highest BCUT2D eigenvalue weighted by atomic mass is 79.9. The Bertz CT molecular complexity index is 59.0. The van der Waals surface area contributed by atoms with E-state index < -0.39 is 0 Å². The first-order valence-corrected chi connectivity index (χ1v) is 5.16. The Balaban J connectivity index is 2.88.